The average molecular weight is 253 g/mol. The number of hydrogen-bond acceptors (Lipinski definition) is 1. The van der Waals surface area contributed by atoms with Gasteiger partial charge in [-0.2, -0.15) is 0 Å². The Bertz CT molecular complexity index is 368. The minimum absolute atomic E-state index is 0.236. The molecule has 0 amide bonds. The van der Waals surface area contributed by atoms with Gasteiger partial charge in [0.05, 0.1) is 26.1 Å². The fourth-order valence-electron chi connectivity index (χ4n) is 2.37. The number of carbonyl (C=O) groups excluding carboxylic acids is 1. The number of Topliss-reactive ketones (excluding diaryl/α,β-unsaturated/α-hetero) is 1. The third kappa shape index (κ3) is 3.83. The summed E-state index contributed by atoms with van der Waals surface area (Å²) < 4.78 is 0. The number of nitrogens with one attached hydrogen (secondary N) is 1. The van der Waals surface area contributed by atoms with Gasteiger partial charge >= 0.3 is 0 Å². The van der Waals surface area contributed by atoms with Crippen LogP contribution in [0.2, 0.25) is 5.02 Å². The molecule has 0 bridgehead atoms. The molecule has 2 nitrogen and oxygen atoms in total. The molecule has 0 atom stereocenters. The van der Waals surface area contributed by atoms with E-state index in [9.17, 15) is 4.79 Å². The van der Waals surface area contributed by atoms with Crippen molar-refractivity contribution in [1.29, 1.82) is 0 Å². The van der Waals surface area contributed by atoms with Gasteiger partial charge in [0.15, 0.2) is 5.78 Å². The van der Waals surface area contributed by atoms with Crippen molar-refractivity contribution in [2.75, 3.05) is 19.6 Å². The van der Waals surface area contributed by atoms with Crippen LogP contribution in [0.15, 0.2) is 24.3 Å². The van der Waals surface area contributed by atoms with Gasteiger partial charge in [0.25, 0.3) is 0 Å². The second kappa shape index (κ2) is 6.18. The Balaban J connectivity index is 1.82. The van der Waals surface area contributed by atoms with E-state index >= 15 is 0 Å². The summed E-state index contributed by atoms with van der Waals surface area (Å²) in [6, 6.07) is 7.19. The van der Waals surface area contributed by atoms with Crippen molar-refractivity contribution < 1.29 is 9.69 Å². The number of likely N-dealkylation sites (tertiary alicyclic amines) is 1. The number of carbonyl (C=O) groups is 1. The SMILES string of the molecule is O=C(CC[NH+]1CCCCC1)c1ccc(Cl)cc1. The van der Waals surface area contributed by atoms with Gasteiger partial charge in [-0.15, -0.1) is 0 Å². The summed E-state index contributed by atoms with van der Waals surface area (Å²) in [4.78, 5) is 13.5. The van der Waals surface area contributed by atoms with E-state index < -0.39 is 0 Å². The molecule has 0 aliphatic carbocycles. The van der Waals surface area contributed by atoms with Crippen LogP contribution in [0, 0.1) is 0 Å². The summed E-state index contributed by atoms with van der Waals surface area (Å²) in [5, 5.41) is 0.684. The lowest BCUT2D eigenvalue weighted by molar-refractivity contribution is -0.904. The van der Waals surface area contributed by atoms with Crippen LogP contribution >= 0.6 is 11.6 Å². The second-order valence-corrected chi connectivity index (χ2v) is 5.18. The van der Waals surface area contributed by atoms with E-state index in [1.165, 1.54) is 32.4 Å². The first kappa shape index (κ1) is 12.6. The standard InChI is InChI=1S/C14H18ClNO/c15-13-6-4-12(5-7-13)14(17)8-11-16-9-2-1-3-10-16/h4-7H,1-3,8-11H2/p+1. The largest absolute Gasteiger partial charge is 0.335 e. The molecule has 92 valence electrons. The minimum atomic E-state index is 0.236. The van der Waals surface area contributed by atoms with E-state index in [0.29, 0.717) is 11.4 Å². The normalized spacial score (nSPS) is 17.0. The molecule has 1 aromatic carbocycles. The quantitative estimate of drug-likeness (QED) is 0.814. The van der Waals surface area contributed by atoms with Crippen molar-refractivity contribution in [3.63, 3.8) is 0 Å². The van der Waals surface area contributed by atoms with Crippen LogP contribution in [0.5, 0.6) is 0 Å². The number of rotatable bonds is 4. The molecule has 2 rings (SSSR count). The Hall–Kier alpha value is -0.860. The van der Waals surface area contributed by atoms with Crippen molar-refractivity contribution in [2.24, 2.45) is 0 Å². The molecule has 3 heteroatoms. The third-order valence-corrected chi connectivity index (χ3v) is 3.68. The Morgan fingerprint density at radius 3 is 2.41 bits per heavy atom. The van der Waals surface area contributed by atoms with Crippen LogP contribution in [0.25, 0.3) is 0 Å². The minimum Gasteiger partial charge on any atom is -0.335 e. The molecule has 1 heterocycles. The molecular formula is C14H19ClNO+. The average Bonchev–Trinajstić information content (AvgIpc) is 2.38. The summed E-state index contributed by atoms with van der Waals surface area (Å²) in [6.07, 6.45) is 4.63. The highest BCUT2D eigenvalue weighted by atomic mass is 35.5. The van der Waals surface area contributed by atoms with Gasteiger partial charge in [-0.05, 0) is 43.5 Å². The van der Waals surface area contributed by atoms with E-state index in [-0.39, 0.29) is 5.78 Å². The van der Waals surface area contributed by atoms with Gasteiger partial charge in [0.2, 0.25) is 0 Å². The molecule has 1 aliphatic heterocycles. The van der Waals surface area contributed by atoms with E-state index in [4.69, 9.17) is 11.6 Å². The van der Waals surface area contributed by atoms with Crippen LogP contribution in [0.3, 0.4) is 0 Å². The number of benzene rings is 1. The zero-order chi connectivity index (χ0) is 12.1. The van der Waals surface area contributed by atoms with Gasteiger partial charge in [0, 0.05) is 10.6 Å². The van der Waals surface area contributed by atoms with Crippen molar-refractivity contribution >= 4 is 17.4 Å². The zero-order valence-electron chi connectivity index (χ0n) is 10.0. The lowest BCUT2D eigenvalue weighted by Crippen LogP contribution is -3.12. The topological polar surface area (TPSA) is 21.5 Å². The molecule has 1 N–H and O–H groups in total. The Labute approximate surface area is 108 Å². The highest BCUT2D eigenvalue weighted by Gasteiger charge is 2.15. The van der Waals surface area contributed by atoms with Gasteiger partial charge in [-0.25, -0.2) is 0 Å². The maximum absolute atomic E-state index is 11.9. The predicted molar refractivity (Wildman–Crippen MR) is 69.8 cm³/mol. The molecule has 1 aromatic rings. The lowest BCUT2D eigenvalue weighted by atomic mass is 10.1. The molecule has 1 fully saturated rings. The second-order valence-electron chi connectivity index (χ2n) is 4.74. The first-order valence-electron chi connectivity index (χ1n) is 6.38. The monoisotopic (exact) mass is 252 g/mol. The number of halogens is 1. The first-order chi connectivity index (χ1) is 8.25. The van der Waals surface area contributed by atoms with Gasteiger partial charge < -0.3 is 4.90 Å². The maximum atomic E-state index is 11.9. The molecular weight excluding hydrogens is 234 g/mol. The van der Waals surface area contributed by atoms with Crippen LogP contribution in [0.4, 0.5) is 0 Å². The number of piperidine rings is 1. The first-order valence-corrected chi connectivity index (χ1v) is 6.76. The van der Waals surface area contributed by atoms with Crippen LogP contribution < -0.4 is 4.90 Å². The molecule has 0 unspecified atom stereocenters. The molecule has 1 saturated heterocycles. The molecule has 1 aliphatic rings. The van der Waals surface area contributed by atoms with Gasteiger partial charge in [-0.1, -0.05) is 11.6 Å². The van der Waals surface area contributed by atoms with E-state index in [2.05, 4.69) is 0 Å². The van der Waals surface area contributed by atoms with Crippen LogP contribution in [-0.4, -0.2) is 25.4 Å². The highest BCUT2D eigenvalue weighted by molar-refractivity contribution is 6.30. The molecule has 0 spiro atoms. The molecule has 17 heavy (non-hydrogen) atoms. The summed E-state index contributed by atoms with van der Waals surface area (Å²) in [7, 11) is 0. The Kier molecular flexibility index (Phi) is 4.57. The predicted octanol–water partition coefficient (Wildman–Crippen LogP) is 1.98. The van der Waals surface area contributed by atoms with Crippen molar-refractivity contribution in [1.82, 2.24) is 0 Å². The summed E-state index contributed by atoms with van der Waals surface area (Å²) in [5.74, 6) is 0.236. The summed E-state index contributed by atoms with van der Waals surface area (Å²) in [6.45, 7) is 3.43. The molecule has 0 radical (unpaired) electrons. The van der Waals surface area contributed by atoms with E-state index in [0.717, 1.165) is 12.1 Å². The maximum Gasteiger partial charge on any atom is 0.168 e. The van der Waals surface area contributed by atoms with Crippen molar-refractivity contribution in [3.05, 3.63) is 34.9 Å². The fourth-order valence-corrected chi connectivity index (χ4v) is 2.50. The van der Waals surface area contributed by atoms with Crippen molar-refractivity contribution in [3.8, 4) is 0 Å². The van der Waals surface area contributed by atoms with Crippen molar-refractivity contribution in [2.45, 2.75) is 25.7 Å². The Morgan fingerprint density at radius 2 is 1.76 bits per heavy atom. The van der Waals surface area contributed by atoms with Crippen LogP contribution in [0.1, 0.15) is 36.0 Å². The molecule has 0 aromatic heterocycles. The van der Waals surface area contributed by atoms with E-state index in [1.54, 1.807) is 17.0 Å². The zero-order valence-corrected chi connectivity index (χ0v) is 10.8. The number of hydrogen-bond donors (Lipinski definition) is 1. The van der Waals surface area contributed by atoms with Gasteiger partial charge in [-0.3, -0.25) is 4.79 Å². The van der Waals surface area contributed by atoms with Crippen LogP contribution in [-0.2, 0) is 0 Å². The third-order valence-electron chi connectivity index (χ3n) is 3.43. The highest BCUT2D eigenvalue weighted by Crippen LogP contribution is 2.10. The number of quaternary nitrogens is 1. The fraction of sp³-hybridized carbons (Fsp3) is 0.500. The van der Waals surface area contributed by atoms with E-state index in [1.807, 2.05) is 12.1 Å². The van der Waals surface area contributed by atoms with Gasteiger partial charge in [0.1, 0.15) is 0 Å². The number of ketones is 1. The molecule has 0 saturated carbocycles. The summed E-state index contributed by atoms with van der Waals surface area (Å²) >= 11 is 5.80. The summed E-state index contributed by atoms with van der Waals surface area (Å²) in [5.41, 5.74) is 0.783. The Morgan fingerprint density at radius 1 is 1.12 bits per heavy atom. The smallest absolute Gasteiger partial charge is 0.168 e. The lowest BCUT2D eigenvalue weighted by Gasteiger charge is -2.23.